The molecule has 3 amide bonds. The standard InChI is InChI=1S/C16H19N3O3/c1-4-10-18-11(3)15(20)19(16(18)21)13-8-6-12(7-9-13)14(5-2)17-22/h4,6-9,11,22H,1,5,10H2,2-3H3. The Morgan fingerprint density at radius 2 is 2.00 bits per heavy atom. The molecule has 1 fully saturated rings. The molecule has 6 nitrogen and oxygen atoms in total. The zero-order chi connectivity index (χ0) is 16.3. The lowest BCUT2D eigenvalue weighted by Gasteiger charge is -2.17. The summed E-state index contributed by atoms with van der Waals surface area (Å²) in [5, 5.41) is 12.2. The zero-order valence-corrected chi connectivity index (χ0v) is 12.7. The summed E-state index contributed by atoms with van der Waals surface area (Å²) in [6.45, 7) is 7.52. The summed E-state index contributed by atoms with van der Waals surface area (Å²) in [4.78, 5) is 27.3. The van der Waals surface area contributed by atoms with Crippen LogP contribution in [0.4, 0.5) is 10.5 Å². The van der Waals surface area contributed by atoms with Crippen LogP contribution in [0.2, 0.25) is 0 Å². The Labute approximate surface area is 129 Å². The highest BCUT2D eigenvalue weighted by atomic mass is 16.4. The molecule has 116 valence electrons. The second-order valence-electron chi connectivity index (χ2n) is 5.02. The van der Waals surface area contributed by atoms with Crippen LogP contribution in [-0.4, -0.2) is 40.3 Å². The molecule has 0 radical (unpaired) electrons. The molecule has 1 heterocycles. The Balaban J connectivity index is 2.30. The second kappa shape index (κ2) is 6.43. The van der Waals surface area contributed by atoms with Gasteiger partial charge in [-0.2, -0.15) is 0 Å². The summed E-state index contributed by atoms with van der Waals surface area (Å²) in [5.74, 6) is -0.258. The van der Waals surface area contributed by atoms with E-state index < -0.39 is 6.04 Å². The predicted octanol–water partition coefficient (Wildman–Crippen LogP) is 2.62. The molecule has 22 heavy (non-hydrogen) atoms. The molecule has 1 aliphatic heterocycles. The molecule has 1 aromatic carbocycles. The zero-order valence-electron chi connectivity index (χ0n) is 12.7. The van der Waals surface area contributed by atoms with E-state index in [9.17, 15) is 9.59 Å². The van der Waals surface area contributed by atoms with Gasteiger partial charge in [0, 0.05) is 6.54 Å². The number of anilines is 1. The minimum absolute atomic E-state index is 0.258. The number of urea groups is 1. The maximum absolute atomic E-state index is 12.4. The van der Waals surface area contributed by atoms with E-state index in [2.05, 4.69) is 11.7 Å². The van der Waals surface area contributed by atoms with Gasteiger partial charge in [0.25, 0.3) is 5.91 Å². The lowest BCUT2D eigenvalue weighted by molar-refractivity contribution is -0.119. The minimum Gasteiger partial charge on any atom is -0.411 e. The monoisotopic (exact) mass is 301 g/mol. The molecule has 0 aromatic heterocycles. The lowest BCUT2D eigenvalue weighted by atomic mass is 10.1. The van der Waals surface area contributed by atoms with E-state index in [-0.39, 0.29) is 11.9 Å². The first kappa shape index (κ1) is 15.8. The van der Waals surface area contributed by atoms with E-state index >= 15 is 0 Å². The fraction of sp³-hybridized carbons (Fsp3) is 0.312. The van der Waals surface area contributed by atoms with Gasteiger partial charge in [0.2, 0.25) is 0 Å². The van der Waals surface area contributed by atoms with E-state index in [1.807, 2.05) is 6.92 Å². The van der Waals surface area contributed by atoms with Crippen molar-refractivity contribution in [2.24, 2.45) is 5.16 Å². The Morgan fingerprint density at radius 1 is 1.36 bits per heavy atom. The Bertz CT molecular complexity index is 622. The molecule has 1 aliphatic rings. The molecule has 0 bridgehead atoms. The first-order valence-corrected chi connectivity index (χ1v) is 7.12. The molecule has 0 saturated carbocycles. The molecule has 0 spiro atoms. The average Bonchev–Trinajstić information content (AvgIpc) is 2.74. The molecular formula is C16H19N3O3. The number of imide groups is 1. The van der Waals surface area contributed by atoms with E-state index in [4.69, 9.17) is 5.21 Å². The molecule has 1 aromatic rings. The van der Waals surface area contributed by atoms with Crippen molar-refractivity contribution in [2.45, 2.75) is 26.3 Å². The molecule has 1 saturated heterocycles. The van der Waals surface area contributed by atoms with Crippen molar-refractivity contribution < 1.29 is 14.8 Å². The van der Waals surface area contributed by atoms with Crippen LogP contribution >= 0.6 is 0 Å². The topological polar surface area (TPSA) is 73.2 Å². The average molecular weight is 301 g/mol. The van der Waals surface area contributed by atoms with Crippen LogP contribution in [0.1, 0.15) is 25.8 Å². The van der Waals surface area contributed by atoms with Gasteiger partial charge in [-0.1, -0.05) is 30.3 Å². The number of carbonyl (C=O) groups excluding carboxylic acids is 2. The van der Waals surface area contributed by atoms with Crippen LogP contribution in [0.3, 0.4) is 0 Å². The van der Waals surface area contributed by atoms with Crippen LogP contribution in [0.25, 0.3) is 0 Å². The molecule has 1 N–H and O–H groups in total. The maximum Gasteiger partial charge on any atom is 0.332 e. The normalized spacial score (nSPS) is 19.0. The highest BCUT2D eigenvalue weighted by Gasteiger charge is 2.42. The van der Waals surface area contributed by atoms with Crippen LogP contribution in [0.15, 0.2) is 42.1 Å². The van der Waals surface area contributed by atoms with Gasteiger partial charge in [0.15, 0.2) is 0 Å². The fourth-order valence-corrected chi connectivity index (χ4v) is 2.46. The van der Waals surface area contributed by atoms with Crippen LogP contribution in [-0.2, 0) is 4.79 Å². The SMILES string of the molecule is C=CCN1C(=O)N(c2ccc(C(CC)=NO)cc2)C(=O)C1C. The van der Waals surface area contributed by atoms with Gasteiger partial charge in [-0.05, 0) is 31.0 Å². The van der Waals surface area contributed by atoms with Crippen LogP contribution in [0.5, 0.6) is 0 Å². The van der Waals surface area contributed by atoms with Crippen molar-refractivity contribution in [1.29, 1.82) is 0 Å². The maximum atomic E-state index is 12.4. The molecule has 1 unspecified atom stereocenters. The Hall–Kier alpha value is -2.63. The van der Waals surface area contributed by atoms with Crippen molar-refractivity contribution in [2.75, 3.05) is 11.4 Å². The van der Waals surface area contributed by atoms with Gasteiger partial charge in [0.05, 0.1) is 11.4 Å². The van der Waals surface area contributed by atoms with Crippen molar-refractivity contribution in [3.8, 4) is 0 Å². The summed E-state index contributed by atoms with van der Waals surface area (Å²) < 4.78 is 0. The summed E-state index contributed by atoms with van der Waals surface area (Å²) in [5.41, 5.74) is 1.81. The highest BCUT2D eigenvalue weighted by Crippen LogP contribution is 2.25. The quantitative estimate of drug-likeness (QED) is 0.299. The molecular weight excluding hydrogens is 282 g/mol. The predicted molar refractivity (Wildman–Crippen MR) is 84.3 cm³/mol. The van der Waals surface area contributed by atoms with E-state index in [0.717, 1.165) is 5.56 Å². The first-order valence-electron chi connectivity index (χ1n) is 7.12. The number of amides is 3. The molecule has 6 heteroatoms. The van der Waals surface area contributed by atoms with Crippen molar-refractivity contribution in [3.05, 3.63) is 42.5 Å². The summed E-state index contributed by atoms with van der Waals surface area (Å²) in [6, 6.07) is 5.96. The van der Waals surface area contributed by atoms with Crippen molar-refractivity contribution >= 4 is 23.3 Å². The van der Waals surface area contributed by atoms with Gasteiger partial charge in [-0.15, -0.1) is 6.58 Å². The summed E-state index contributed by atoms with van der Waals surface area (Å²) in [7, 11) is 0. The van der Waals surface area contributed by atoms with Gasteiger partial charge in [-0.25, -0.2) is 9.69 Å². The van der Waals surface area contributed by atoms with Gasteiger partial charge < -0.3 is 10.1 Å². The van der Waals surface area contributed by atoms with E-state index in [1.165, 1.54) is 9.80 Å². The second-order valence-corrected chi connectivity index (χ2v) is 5.02. The Morgan fingerprint density at radius 3 is 2.50 bits per heavy atom. The highest BCUT2D eigenvalue weighted by molar-refractivity contribution is 6.21. The summed E-state index contributed by atoms with van der Waals surface area (Å²) in [6.07, 6.45) is 2.18. The number of oxime groups is 1. The van der Waals surface area contributed by atoms with Crippen molar-refractivity contribution in [3.63, 3.8) is 0 Å². The third-order valence-corrected chi connectivity index (χ3v) is 3.72. The molecule has 2 rings (SSSR count). The number of rotatable bonds is 5. The number of carbonyl (C=O) groups is 2. The van der Waals surface area contributed by atoms with Gasteiger partial charge >= 0.3 is 6.03 Å². The molecule has 0 aliphatic carbocycles. The third kappa shape index (κ3) is 2.59. The largest absolute Gasteiger partial charge is 0.411 e. The number of nitrogens with zero attached hydrogens (tertiary/aromatic N) is 3. The Kier molecular flexibility index (Phi) is 4.60. The van der Waals surface area contributed by atoms with Gasteiger partial charge in [0.1, 0.15) is 6.04 Å². The van der Waals surface area contributed by atoms with Crippen molar-refractivity contribution in [1.82, 2.24) is 4.90 Å². The smallest absolute Gasteiger partial charge is 0.332 e. The summed E-state index contributed by atoms with van der Waals surface area (Å²) >= 11 is 0. The first-order chi connectivity index (χ1) is 10.5. The number of benzene rings is 1. The fourth-order valence-electron chi connectivity index (χ4n) is 2.46. The number of hydrogen-bond acceptors (Lipinski definition) is 4. The van der Waals surface area contributed by atoms with E-state index in [0.29, 0.717) is 24.4 Å². The third-order valence-electron chi connectivity index (χ3n) is 3.72. The van der Waals surface area contributed by atoms with Gasteiger partial charge in [-0.3, -0.25) is 4.79 Å². The minimum atomic E-state index is -0.504. The van der Waals surface area contributed by atoms with Crippen LogP contribution in [0, 0.1) is 0 Å². The van der Waals surface area contributed by atoms with Crippen LogP contribution < -0.4 is 4.90 Å². The number of hydrogen-bond donors (Lipinski definition) is 1. The lowest BCUT2D eigenvalue weighted by Crippen LogP contribution is -2.33. The van der Waals surface area contributed by atoms with E-state index in [1.54, 1.807) is 37.3 Å². The molecule has 1 atom stereocenters.